The first-order chi connectivity index (χ1) is 8.83. The van der Waals surface area contributed by atoms with E-state index < -0.39 is 0 Å². The minimum Gasteiger partial charge on any atom is -0.353 e. The summed E-state index contributed by atoms with van der Waals surface area (Å²) in [5.41, 5.74) is 3.40. The van der Waals surface area contributed by atoms with E-state index in [2.05, 4.69) is 51.2 Å². The molecule has 2 aromatic rings. The number of hydrogen-bond acceptors (Lipinski definition) is 5. The summed E-state index contributed by atoms with van der Waals surface area (Å²) in [6, 6.07) is 2.14. The zero-order valence-electron chi connectivity index (χ0n) is 10.8. The molecular weight excluding hydrogens is 244 g/mol. The van der Waals surface area contributed by atoms with Crippen molar-refractivity contribution in [3.05, 3.63) is 33.8 Å². The van der Waals surface area contributed by atoms with Crippen LogP contribution in [0.15, 0.2) is 16.8 Å². The molecule has 0 amide bonds. The summed E-state index contributed by atoms with van der Waals surface area (Å²) in [7, 11) is 0. The van der Waals surface area contributed by atoms with Crippen LogP contribution in [-0.2, 0) is 19.3 Å². The number of aromatic nitrogens is 3. The van der Waals surface area contributed by atoms with E-state index in [-0.39, 0.29) is 0 Å². The second kappa shape index (κ2) is 6.44. The van der Waals surface area contributed by atoms with E-state index in [0.717, 1.165) is 37.2 Å². The molecule has 0 aliphatic rings. The van der Waals surface area contributed by atoms with Gasteiger partial charge in [-0.1, -0.05) is 13.8 Å². The maximum Gasteiger partial charge on any atom is 0.242 e. The molecule has 0 unspecified atom stereocenters. The van der Waals surface area contributed by atoms with Crippen LogP contribution in [0.2, 0.25) is 0 Å². The molecule has 0 fully saturated rings. The van der Waals surface area contributed by atoms with Crippen molar-refractivity contribution in [3.63, 3.8) is 0 Å². The topological polar surface area (TPSA) is 50.7 Å². The van der Waals surface area contributed by atoms with Gasteiger partial charge >= 0.3 is 0 Å². The summed E-state index contributed by atoms with van der Waals surface area (Å²) >= 11 is 1.73. The first-order valence-corrected chi connectivity index (χ1v) is 7.25. The number of aryl methyl sites for hydroxylation is 2. The highest BCUT2D eigenvalue weighted by molar-refractivity contribution is 7.07. The molecule has 2 rings (SSSR count). The average Bonchev–Trinajstić information content (AvgIpc) is 2.91. The lowest BCUT2D eigenvalue weighted by molar-refractivity contribution is 0.817. The van der Waals surface area contributed by atoms with E-state index in [1.807, 2.05) is 0 Å². The predicted octanol–water partition coefficient (Wildman–Crippen LogP) is 2.71. The maximum absolute atomic E-state index is 4.50. The fourth-order valence-corrected chi connectivity index (χ4v) is 2.47. The Balaban J connectivity index is 1.93. The van der Waals surface area contributed by atoms with Crippen molar-refractivity contribution in [2.45, 2.75) is 33.1 Å². The molecule has 0 spiro atoms. The Bertz CT molecular complexity index is 482. The van der Waals surface area contributed by atoms with Gasteiger partial charge in [0.15, 0.2) is 0 Å². The van der Waals surface area contributed by atoms with Crippen molar-refractivity contribution in [2.75, 3.05) is 11.9 Å². The number of anilines is 1. The molecule has 4 nitrogen and oxygen atoms in total. The molecule has 2 aromatic heterocycles. The van der Waals surface area contributed by atoms with Crippen molar-refractivity contribution >= 4 is 17.3 Å². The van der Waals surface area contributed by atoms with Crippen molar-refractivity contribution in [2.24, 2.45) is 0 Å². The predicted molar refractivity (Wildman–Crippen MR) is 75.1 cm³/mol. The largest absolute Gasteiger partial charge is 0.353 e. The Morgan fingerprint density at radius 1 is 1.17 bits per heavy atom. The number of hydrogen-bond donors (Lipinski definition) is 1. The van der Waals surface area contributed by atoms with Gasteiger partial charge in [-0.15, -0.1) is 5.10 Å². The van der Waals surface area contributed by atoms with Gasteiger partial charge in [0.1, 0.15) is 0 Å². The van der Waals surface area contributed by atoms with E-state index in [1.165, 1.54) is 5.56 Å². The van der Waals surface area contributed by atoms with Crippen molar-refractivity contribution in [1.29, 1.82) is 0 Å². The summed E-state index contributed by atoms with van der Waals surface area (Å²) in [6.07, 6.45) is 2.78. The Kier molecular flexibility index (Phi) is 4.64. The molecule has 0 radical (unpaired) electrons. The lowest BCUT2D eigenvalue weighted by Gasteiger charge is -2.07. The molecule has 1 N–H and O–H groups in total. The quantitative estimate of drug-likeness (QED) is 0.869. The molecule has 0 bridgehead atoms. The van der Waals surface area contributed by atoms with Crippen LogP contribution < -0.4 is 5.32 Å². The zero-order chi connectivity index (χ0) is 12.8. The first-order valence-electron chi connectivity index (χ1n) is 6.30. The summed E-state index contributed by atoms with van der Waals surface area (Å²) in [5, 5.41) is 15.8. The fourth-order valence-electron chi connectivity index (χ4n) is 1.77. The highest BCUT2D eigenvalue weighted by Gasteiger charge is 2.05. The van der Waals surface area contributed by atoms with Gasteiger partial charge in [0.25, 0.3) is 0 Å². The lowest BCUT2D eigenvalue weighted by atomic mass is 10.2. The highest BCUT2D eigenvalue weighted by Crippen LogP contribution is 2.08. The van der Waals surface area contributed by atoms with Gasteiger partial charge in [0.05, 0.1) is 11.4 Å². The van der Waals surface area contributed by atoms with E-state index >= 15 is 0 Å². The van der Waals surface area contributed by atoms with Crippen LogP contribution in [-0.4, -0.2) is 21.7 Å². The number of rotatable bonds is 6. The normalized spacial score (nSPS) is 10.6. The monoisotopic (exact) mass is 262 g/mol. The third-order valence-electron chi connectivity index (χ3n) is 2.79. The van der Waals surface area contributed by atoms with Gasteiger partial charge in [0, 0.05) is 6.54 Å². The minimum atomic E-state index is 0.638. The highest BCUT2D eigenvalue weighted by atomic mass is 32.1. The summed E-state index contributed by atoms with van der Waals surface area (Å²) < 4.78 is 0. The van der Waals surface area contributed by atoms with Gasteiger partial charge in [-0.05, 0) is 41.7 Å². The van der Waals surface area contributed by atoms with E-state index in [4.69, 9.17) is 0 Å². The zero-order valence-corrected chi connectivity index (χ0v) is 11.6. The molecule has 0 aliphatic carbocycles. The smallest absolute Gasteiger partial charge is 0.242 e. The molecule has 2 heterocycles. The fraction of sp³-hybridized carbons (Fsp3) is 0.462. The van der Waals surface area contributed by atoms with Crippen molar-refractivity contribution < 1.29 is 0 Å². The SMILES string of the molecule is CCc1nnc(NCCc2ccsc2)nc1CC. The summed E-state index contributed by atoms with van der Waals surface area (Å²) in [6.45, 7) is 5.01. The van der Waals surface area contributed by atoms with Gasteiger partial charge in [-0.2, -0.15) is 16.4 Å². The second-order valence-electron chi connectivity index (χ2n) is 4.04. The van der Waals surface area contributed by atoms with Crippen LogP contribution in [0.3, 0.4) is 0 Å². The summed E-state index contributed by atoms with van der Waals surface area (Å²) in [5.74, 6) is 0.638. The Morgan fingerprint density at radius 3 is 2.67 bits per heavy atom. The number of nitrogens with zero attached hydrogens (tertiary/aromatic N) is 3. The van der Waals surface area contributed by atoms with Crippen LogP contribution >= 0.6 is 11.3 Å². The van der Waals surface area contributed by atoms with Crippen LogP contribution in [0.25, 0.3) is 0 Å². The van der Waals surface area contributed by atoms with Crippen molar-refractivity contribution in [3.8, 4) is 0 Å². The maximum atomic E-state index is 4.50. The first kappa shape index (κ1) is 13.0. The Hall–Kier alpha value is -1.49. The molecule has 5 heteroatoms. The molecule has 0 atom stereocenters. The van der Waals surface area contributed by atoms with E-state index in [0.29, 0.717) is 5.95 Å². The van der Waals surface area contributed by atoms with E-state index in [9.17, 15) is 0 Å². The van der Waals surface area contributed by atoms with Gasteiger partial charge in [-0.3, -0.25) is 0 Å². The van der Waals surface area contributed by atoms with Gasteiger partial charge < -0.3 is 5.32 Å². The number of thiophene rings is 1. The van der Waals surface area contributed by atoms with Gasteiger partial charge in [0.2, 0.25) is 5.95 Å². The summed E-state index contributed by atoms with van der Waals surface area (Å²) in [4.78, 5) is 4.50. The third kappa shape index (κ3) is 3.26. The molecule has 18 heavy (non-hydrogen) atoms. The molecule has 0 saturated carbocycles. The molecule has 0 aliphatic heterocycles. The average molecular weight is 262 g/mol. The minimum absolute atomic E-state index is 0.638. The van der Waals surface area contributed by atoms with Crippen LogP contribution in [0.1, 0.15) is 30.8 Å². The lowest BCUT2D eigenvalue weighted by Crippen LogP contribution is -2.11. The molecular formula is C13H18N4S. The van der Waals surface area contributed by atoms with Crippen LogP contribution in [0, 0.1) is 0 Å². The molecule has 0 aromatic carbocycles. The Morgan fingerprint density at radius 2 is 2.00 bits per heavy atom. The second-order valence-corrected chi connectivity index (χ2v) is 4.82. The standard InChI is InChI=1S/C13H18N4S/c1-3-11-12(4-2)16-17-13(15-11)14-7-5-10-6-8-18-9-10/h6,8-9H,3-5,7H2,1-2H3,(H,14,15,17). The number of nitrogens with one attached hydrogen (secondary N) is 1. The molecule has 0 saturated heterocycles. The Labute approximate surface area is 111 Å². The third-order valence-corrected chi connectivity index (χ3v) is 3.52. The van der Waals surface area contributed by atoms with Gasteiger partial charge in [-0.25, -0.2) is 4.98 Å². The van der Waals surface area contributed by atoms with E-state index in [1.54, 1.807) is 11.3 Å². The molecule has 96 valence electrons. The van der Waals surface area contributed by atoms with Crippen LogP contribution in [0.5, 0.6) is 0 Å². The van der Waals surface area contributed by atoms with Crippen molar-refractivity contribution in [1.82, 2.24) is 15.2 Å². The van der Waals surface area contributed by atoms with Crippen LogP contribution in [0.4, 0.5) is 5.95 Å².